The van der Waals surface area contributed by atoms with E-state index in [2.05, 4.69) is 10.6 Å². The van der Waals surface area contributed by atoms with Crippen LogP contribution in [0.25, 0.3) is 0 Å². The summed E-state index contributed by atoms with van der Waals surface area (Å²) in [4.78, 5) is 14.4. The second-order valence-electron chi connectivity index (χ2n) is 8.07. The molecule has 2 saturated carbocycles. The van der Waals surface area contributed by atoms with Gasteiger partial charge in [0, 0.05) is 42.6 Å². The van der Waals surface area contributed by atoms with Crippen LogP contribution in [0.4, 0.5) is 0 Å². The first-order valence-electron chi connectivity index (χ1n) is 10.8. The van der Waals surface area contributed by atoms with E-state index in [4.69, 9.17) is 46.8 Å². The molecule has 2 N–H and O–H groups in total. The average Bonchev–Trinajstić information content (AvgIpc) is 2.75. The zero-order valence-corrected chi connectivity index (χ0v) is 20.5. The van der Waals surface area contributed by atoms with E-state index in [1.165, 1.54) is 38.5 Å². The van der Waals surface area contributed by atoms with Crippen LogP contribution in [0.2, 0.25) is 5.02 Å². The average molecular weight is 514 g/mol. The normalized spacial score (nSPS) is 29.4. The second kappa shape index (κ2) is 13.4. The van der Waals surface area contributed by atoms with Crippen molar-refractivity contribution in [3.05, 3.63) is 28.5 Å². The number of nitrogens with zero attached hydrogens (tertiary/aromatic N) is 3. The molecule has 30 heavy (non-hydrogen) atoms. The third-order valence-corrected chi connectivity index (χ3v) is 6.24. The molecule has 0 unspecified atom stereocenters. The Morgan fingerprint density at radius 3 is 1.67 bits per heavy atom. The summed E-state index contributed by atoms with van der Waals surface area (Å²) in [6.07, 6.45) is 13.6. The van der Waals surface area contributed by atoms with E-state index in [0.29, 0.717) is 29.2 Å². The van der Waals surface area contributed by atoms with E-state index >= 15 is 0 Å². The number of pyridine rings is 1. The zero-order chi connectivity index (χ0) is 21.2. The molecule has 0 aromatic carbocycles. The van der Waals surface area contributed by atoms with Crippen molar-refractivity contribution in [2.24, 2.45) is 9.98 Å². The third-order valence-electron chi connectivity index (χ3n) is 6.02. The molecule has 0 saturated heterocycles. The van der Waals surface area contributed by atoms with Crippen LogP contribution in [0, 0.1) is 0 Å². The molecule has 4 rings (SSSR count). The van der Waals surface area contributed by atoms with Gasteiger partial charge in [-0.25, -0.2) is 4.98 Å². The number of fused-ring (bicyclic) bond motifs is 4. The molecule has 167 valence electrons. The van der Waals surface area contributed by atoms with E-state index in [1.807, 2.05) is 24.6 Å². The summed E-state index contributed by atoms with van der Waals surface area (Å²) in [5.74, 6) is 0. The monoisotopic (exact) mass is 512 g/mol. The fourth-order valence-corrected chi connectivity index (χ4v) is 4.81. The number of nitrogens with one attached hydrogen (secondary N) is 2. The van der Waals surface area contributed by atoms with Crippen LogP contribution in [-0.4, -0.2) is 54.7 Å². The van der Waals surface area contributed by atoms with E-state index in [1.54, 1.807) is 0 Å². The van der Waals surface area contributed by atoms with Crippen molar-refractivity contribution in [3.63, 3.8) is 0 Å². The predicted octanol–water partition coefficient (Wildman–Crippen LogP) is 4.76. The summed E-state index contributed by atoms with van der Waals surface area (Å²) in [6, 6.07) is 5.33. The van der Waals surface area contributed by atoms with Crippen molar-refractivity contribution in [3.8, 4) is 0 Å². The van der Waals surface area contributed by atoms with E-state index in [-0.39, 0.29) is 13.1 Å². The van der Waals surface area contributed by atoms with Gasteiger partial charge in [0.2, 0.25) is 0 Å². The van der Waals surface area contributed by atoms with Gasteiger partial charge >= 0.3 is 33.3 Å². The van der Waals surface area contributed by atoms with Gasteiger partial charge in [-0.2, -0.15) is 0 Å². The maximum atomic E-state index is 6.33. The van der Waals surface area contributed by atoms with Gasteiger partial charge in [-0.15, -0.1) is 0 Å². The van der Waals surface area contributed by atoms with Crippen LogP contribution in [-0.2, 0) is 13.1 Å². The van der Waals surface area contributed by atoms with Crippen LogP contribution >= 0.6 is 31.8 Å². The molecule has 0 amide bonds. The molecule has 3 aliphatic rings. The third kappa shape index (κ3) is 7.74. The zero-order valence-electron chi connectivity index (χ0n) is 17.0. The van der Waals surface area contributed by atoms with Gasteiger partial charge in [0.05, 0.1) is 23.5 Å². The van der Waals surface area contributed by atoms with Gasteiger partial charge < -0.3 is 10.6 Å². The molecule has 5 nitrogen and oxygen atoms in total. The number of hydrogen-bond acceptors (Lipinski definition) is 5. The van der Waals surface area contributed by atoms with Crippen LogP contribution in [0.3, 0.4) is 0 Å². The topological polar surface area (TPSA) is 61.7 Å². The van der Waals surface area contributed by atoms with E-state index in [9.17, 15) is 0 Å². The van der Waals surface area contributed by atoms with Crippen molar-refractivity contribution in [1.29, 1.82) is 0 Å². The predicted molar refractivity (Wildman–Crippen MR) is 124 cm³/mol. The Bertz CT molecular complexity index is 664. The van der Waals surface area contributed by atoms with Crippen molar-refractivity contribution in [1.82, 2.24) is 15.6 Å². The first-order valence-corrected chi connectivity index (χ1v) is 14.4. The molecule has 1 aromatic rings. The molecule has 9 heteroatoms. The molecule has 1 aromatic heterocycles. The van der Waals surface area contributed by atoms with E-state index < -0.39 is 0 Å². The van der Waals surface area contributed by atoms with Crippen LogP contribution in [0.5, 0.6) is 0 Å². The van der Waals surface area contributed by atoms with Gasteiger partial charge in [0.25, 0.3) is 0 Å². The van der Waals surface area contributed by atoms with Crippen molar-refractivity contribution in [2.45, 2.75) is 75.5 Å². The quantitative estimate of drug-likeness (QED) is 0.492. The number of halogens is 3. The molecule has 2 fully saturated rings. The summed E-state index contributed by atoms with van der Waals surface area (Å²) in [7, 11) is 9.59. The van der Waals surface area contributed by atoms with Gasteiger partial charge in [-0.1, -0.05) is 37.3 Å². The number of hydrogen-bond donors (Lipinski definition) is 2. The Morgan fingerprint density at radius 1 is 0.767 bits per heavy atom. The summed E-state index contributed by atoms with van der Waals surface area (Å²) in [6.45, 7) is 1.98. The Labute approximate surface area is 199 Å². The van der Waals surface area contributed by atoms with Crippen molar-refractivity contribution >= 4 is 44.2 Å². The van der Waals surface area contributed by atoms with Crippen molar-refractivity contribution < 1.29 is 13.1 Å². The Morgan fingerprint density at radius 2 is 1.20 bits per heavy atom. The minimum atomic E-state index is 0.00694. The van der Waals surface area contributed by atoms with Gasteiger partial charge in [0.1, 0.15) is 0 Å². The van der Waals surface area contributed by atoms with Gasteiger partial charge in [-0.3, -0.25) is 9.98 Å². The molecule has 2 aliphatic carbocycles. The maximum absolute atomic E-state index is 6.33. The fourth-order valence-electron chi connectivity index (χ4n) is 4.59. The van der Waals surface area contributed by atoms with Crippen molar-refractivity contribution in [2.75, 3.05) is 13.1 Å². The number of rotatable bonds is 0. The second-order valence-corrected chi connectivity index (χ2v) is 10.5. The van der Waals surface area contributed by atoms with Gasteiger partial charge in [-0.05, 0) is 37.8 Å². The molecule has 2 bridgehead atoms. The number of aromatic nitrogens is 1. The Hall–Kier alpha value is -0.201. The standard InChI is InChI=1S/C21H30ClN5.2ClH.Mn/c22-15-11-16-13-25-20-7-3-1-5-18(20)23-9-10-24-19-6-2-4-8-21(19)26-14-17(12-15)27-16;;;/h11-14,18-21,23-24H,1-10H2;2*1H;/q;;;+2/p-2/t18-,19-,20-,21-;;;/m1.../s1. The Kier molecular flexibility index (Phi) is 10.9. The minimum absolute atomic E-state index is 0.00694. The first-order chi connectivity index (χ1) is 14.7. The summed E-state index contributed by atoms with van der Waals surface area (Å²) < 4.78 is 0. The molecule has 0 radical (unpaired) electrons. The molecule has 4 atom stereocenters. The molecule has 1 aliphatic heterocycles. The summed E-state index contributed by atoms with van der Waals surface area (Å²) >= 11 is 6.33. The summed E-state index contributed by atoms with van der Waals surface area (Å²) in [5, 5.41) is 8.18. The Balaban J connectivity index is 0.000000806. The number of aliphatic imine (C=N–C) groups is 2. The molecule has 0 spiro atoms. The fraction of sp³-hybridized carbons (Fsp3) is 0.667. The molecule has 2 heterocycles. The van der Waals surface area contributed by atoms with Crippen LogP contribution < -0.4 is 10.6 Å². The van der Waals surface area contributed by atoms with Crippen LogP contribution in [0.15, 0.2) is 22.1 Å². The first kappa shape index (κ1) is 24.4. The van der Waals surface area contributed by atoms with Crippen LogP contribution in [0.1, 0.15) is 62.8 Å². The molecular weight excluding hydrogens is 484 g/mol. The molecular formula is C21H30Cl3MnN5. The SMILES string of the molecule is Clc1cc2nc(c1)C=N[C@@H]1CCCC[C@H]1NCCN[C@@H]1CCCC[C@H]1N=C2.[Cl][Mn][Cl]. The van der Waals surface area contributed by atoms with E-state index in [0.717, 1.165) is 37.3 Å². The van der Waals surface area contributed by atoms with Gasteiger partial charge in [0.15, 0.2) is 0 Å². The summed E-state index contributed by atoms with van der Waals surface area (Å²) in [5.41, 5.74) is 1.64.